The number of aromatic nitrogens is 2. The molecule has 1 aliphatic carbocycles. The monoisotopic (exact) mass is 684 g/mol. The summed E-state index contributed by atoms with van der Waals surface area (Å²) < 4.78 is 30.5. The average Bonchev–Trinajstić information content (AvgIpc) is 3.60. The molecule has 0 bridgehead atoms. The number of halogens is 2. The second kappa shape index (κ2) is 12.8. The average molecular weight is 686 g/mol. The van der Waals surface area contributed by atoms with Crippen LogP contribution in [0.5, 0.6) is 0 Å². The smallest absolute Gasteiger partial charge is 0.330 e. The Hall–Kier alpha value is -4.24. The number of aliphatic hydroxyl groups excluding tert-OH is 1. The zero-order valence-electron chi connectivity index (χ0n) is 25.8. The van der Waals surface area contributed by atoms with Gasteiger partial charge in [0, 0.05) is 28.9 Å². The number of nitrogens with zero attached hydrogens (tertiary/aromatic N) is 3. The molecule has 7 rings (SSSR count). The van der Waals surface area contributed by atoms with Crippen LogP contribution in [-0.4, -0.2) is 23.1 Å². The van der Waals surface area contributed by atoms with E-state index in [-0.39, 0.29) is 0 Å². The molecule has 0 radical (unpaired) electrons. The Balaban J connectivity index is 1.22. The van der Waals surface area contributed by atoms with E-state index in [0.717, 1.165) is 38.6 Å². The minimum absolute atomic E-state index is 0.406. The maximum Gasteiger partial charge on any atom is 0.330 e. The minimum atomic E-state index is -3.97. The van der Waals surface area contributed by atoms with Gasteiger partial charge in [0.2, 0.25) is 5.88 Å². The van der Waals surface area contributed by atoms with Gasteiger partial charge in [-0.15, -0.1) is 0 Å². The lowest BCUT2D eigenvalue weighted by atomic mass is 9.83. The van der Waals surface area contributed by atoms with Gasteiger partial charge in [-0.25, -0.2) is 14.0 Å². The number of benzene rings is 4. The van der Waals surface area contributed by atoms with E-state index >= 15 is 0 Å². The van der Waals surface area contributed by atoms with E-state index < -0.39 is 16.1 Å². The van der Waals surface area contributed by atoms with Gasteiger partial charge in [-0.1, -0.05) is 97.1 Å². The molecule has 0 unspecified atom stereocenters. The first-order valence-corrected chi connectivity index (χ1v) is 17.9. The van der Waals surface area contributed by atoms with Gasteiger partial charge in [-0.05, 0) is 83.8 Å². The van der Waals surface area contributed by atoms with Crippen molar-refractivity contribution < 1.29 is 13.5 Å². The van der Waals surface area contributed by atoms with Crippen LogP contribution < -0.4 is 9.03 Å². The molecule has 240 valence electrons. The van der Waals surface area contributed by atoms with Crippen LogP contribution >= 0.6 is 23.2 Å². The zero-order chi connectivity index (χ0) is 32.7. The van der Waals surface area contributed by atoms with Crippen molar-refractivity contribution >= 4 is 39.1 Å². The van der Waals surface area contributed by atoms with Crippen molar-refractivity contribution in [2.75, 3.05) is 4.31 Å². The van der Waals surface area contributed by atoms with E-state index in [9.17, 15) is 13.5 Å². The summed E-state index contributed by atoms with van der Waals surface area (Å²) in [5.74, 6) is 0.980. The molecule has 1 aliphatic heterocycles. The summed E-state index contributed by atoms with van der Waals surface area (Å²) in [5, 5.41) is 10.9. The zero-order valence-corrected chi connectivity index (χ0v) is 28.2. The number of aliphatic hydroxyl groups is 1. The van der Waals surface area contributed by atoms with Gasteiger partial charge in [0.1, 0.15) is 5.82 Å². The lowest BCUT2D eigenvalue weighted by molar-refractivity contribution is 0.392. The van der Waals surface area contributed by atoms with Crippen LogP contribution in [0.1, 0.15) is 60.5 Å². The lowest BCUT2D eigenvalue weighted by Gasteiger charge is -2.22. The number of rotatable bonds is 7. The second-order valence-corrected chi connectivity index (χ2v) is 14.6. The molecule has 0 atom stereocenters. The summed E-state index contributed by atoms with van der Waals surface area (Å²) in [4.78, 5) is 5.01. The Bertz CT molecular complexity index is 2090. The number of hydrogen-bond donors (Lipinski definition) is 2. The van der Waals surface area contributed by atoms with Crippen molar-refractivity contribution in [3.63, 3.8) is 0 Å². The van der Waals surface area contributed by atoms with Crippen LogP contribution in [0.3, 0.4) is 0 Å². The van der Waals surface area contributed by atoms with E-state index in [1.54, 1.807) is 18.2 Å². The Kier molecular flexibility index (Phi) is 8.51. The highest BCUT2D eigenvalue weighted by Gasteiger charge is 2.30. The molecule has 4 aromatic carbocycles. The van der Waals surface area contributed by atoms with Crippen molar-refractivity contribution in [3.05, 3.63) is 136 Å². The number of nitrogens with one attached hydrogen (secondary N) is 1. The van der Waals surface area contributed by atoms with Crippen molar-refractivity contribution in [1.29, 1.82) is 0 Å². The Morgan fingerprint density at radius 1 is 0.894 bits per heavy atom. The molecule has 1 fully saturated rings. The first-order valence-electron chi connectivity index (χ1n) is 15.7. The molecule has 0 saturated heterocycles. The molecule has 5 aromatic rings. The Labute approximate surface area is 285 Å². The maximum absolute atomic E-state index is 12.7. The SMILES string of the molecule is Cc1ccc(-n2cc(-c3ccc(Cl)cc3Cl)nc2Cc2ccc(-c3ccc(C4CCCCC4)cc3)cc2)cc1N1C=C(O)NS1(=O)=O. The molecular weight excluding hydrogens is 651 g/mol. The van der Waals surface area contributed by atoms with Gasteiger partial charge in [0.25, 0.3) is 0 Å². The third kappa shape index (κ3) is 6.50. The van der Waals surface area contributed by atoms with Gasteiger partial charge < -0.3 is 9.67 Å². The fraction of sp³-hybridized carbons (Fsp3) is 0.216. The fourth-order valence-electron chi connectivity index (χ4n) is 6.55. The normalized spacial score (nSPS) is 16.2. The van der Waals surface area contributed by atoms with Crippen LogP contribution in [0.25, 0.3) is 28.1 Å². The highest BCUT2D eigenvalue weighted by atomic mass is 35.5. The second-order valence-electron chi connectivity index (χ2n) is 12.3. The molecule has 0 spiro atoms. The number of anilines is 1. The van der Waals surface area contributed by atoms with Crippen molar-refractivity contribution in [1.82, 2.24) is 14.3 Å². The van der Waals surface area contributed by atoms with Crippen molar-refractivity contribution in [2.45, 2.75) is 51.4 Å². The lowest BCUT2D eigenvalue weighted by Crippen LogP contribution is -2.30. The standard InChI is InChI=1S/C37H34Cl2N4O3S/c1-24-7-17-31(21-35(24)43-23-37(44)41-47(43,45)46)42-22-34(32-18-16-30(38)20-33(32)39)40-36(42)19-25-8-10-27(11-9-25)29-14-12-28(13-15-29)26-5-3-2-4-6-26/h7-18,20-23,26,41,44H,2-6,19H2,1H3. The fourth-order valence-corrected chi connectivity index (χ4v) is 8.16. The molecule has 2 heterocycles. The predicted molar refractivity (Wildman–Crippen MR) is 190 cm³/mol. The summed E-state index contributed by atoms with van der Waals surface area (Å²) >= 11 is 12.8. The number of imidazole rings is 1. The van der Waals surface area contributed by atoms with Gasteiger partial charge in [0.05, 0.1) is 22.6 Å². The number of hydrogen-bond acceptors (Lipinski definition) is 4. The van der Waals surface area contributed by atoms with Crippen LogP contribution in [-0.2, 0) is 16.6 Å². The first-order chi connectivity index (χ1) is 22.6. The van der Waals surface area contributed by atoms with Gasteiger partial charge in [-0.3, -0.25) is 0 Å². The third-order valence-electron chi connectivity index (χ3n) is 9.06. The molecule has 0 amide bonds. The summed E-state index contributed by atoms with van der Waals surface area (Å²) in [6, 6.07) is 28.4. The van der Waals surface area contributed by atoms with Crippen molar-refractivity contribution in [3.8, 4) is 28.1 Å². The summed E-state index contributed by atoms with van der Waals surface area (Å²) in [7, 11) is -3.97. The summed E-state index contributed by atoms with van der Waals surface area (Å²) in [6.45, 7) is 1.82. The Morgan fingerprint density at radius 3 is 2.26 bits per heavy atom. The molecule has 1 saturated carbocycles. The van der Waals surface area contributed by atoms with Crippen LogP contribution in [0.4, 0.5) is 5.69 Å². The van der Waals surface area contributed by atoms with E-state index in [0.29, 0.717) is 39.5 Å². The molecule has 10 heteroatoms. The van der Waals surface area contributed by atoms with E-state index in [1.165, 1.54) is 43.2 Å². The number of aryl methyl sites for hydroxylation is 1. The molecule has 2 aliphatic rings. The predicted octanol–water partition coefficient (Wildman–Crippen LogP) is 9.47. The van der Waals surface area contributed by atoms with E-state index in [4.69, 9.17) is 28.2 Å². The summed E-state index contributed by atoms with van der Waals surface area (Å²) in [6.07, 6.45) is 10.1. The van der Waals surface area contributed by atoms with E-state index in [1.807, 2.05) is 35.9 Å². The first kappa shape index (κ1) is 31.4. The Morgan fingerprint density at radius 2 is 1.60 bits per heavy atom. The highest BCUT2D eigenvalue weighted by molar-refractivity contribution is 7.91. The van der Waals surface area contributed by atoms with Crippen molar-refractivity contribution in [2.24, 2.45) is 0 Å². The van der Waals surface area contributed by atoms with Crippen LogP contribution in [0, 0.1) is 6.92 Å². The minimum Gasteiger partial charge on any atom is -0.493 e. The van der Waals surface area contributed by atoms with Gasteiger partial charge >= 0.3 is 10.2 Å². The van der Waals surface area contributed by atoms with Crippen LogP contribution in [0.15, 0.2) is 103 Å². The maximum atomic E-state index is 12.7. The molecule has 1 aromatic heterocycles. The van der Waals surface area contributed by atoms with Gasteiger partial charge in [-0.2, -0.15) is 8.42 Å². The highest BCUT2D eigenvalue weighted by Crippen LogP contribution is 2.35. The largest absolute Gasteiger partial charge is 0.493 e. The quantitative estimate of drug-likeness (QED) is 0.179. The molecule has 47 heavy (non-hydrogen) atoms. The molecule has 7 nitrogen and oxygen atoms in total. The topological polar surface area (TPSA) is 87.5 Å². The molecular formula is C37H34Cl2N4O3S. The van der Waals surface area contributed by atoms with E-state index in [2.05, 4.69) is 53.3 Å². The van der Waals surface area contributed by atoms with Gasteiger partial charge in [0.15, 0.2) is 0 Å². The third-order valence-corrected chi connectivity index (χ3v) is 10.9. The summed E-state index contributed by atoms with van der Waals surface area (Å²) in [5.41, 5.74) is 8.07. The van der Waals surface area contributed by atoms with Crippen LogP contribution in [0.2, 0.25) is 10.0 Å². The molecule has 2 N–H and O–H groups in total.